The van der Waals surface area contributed by atoms with Gasteiger partial charge in [-0.05, 0) is 37.3 Å². The standard InChI is InChI=1S/C22H23NO6/c1-14(24)15-8-9-19(27-2)17(10-15)13-29-22(26)16-11-21(25)23(12-16)18-6-4-5-7-20(18)28-3/h4-10,16H,11-13H2,1-3H3/t16-/m1/s1. The molecule has 1 heterocycles. The number of rotatable bonds is 7. The molecule has 2 aromatic carbocycles. The summed E-state index contributed by atoms with van der Waals surface area (Å²) in [6.07, 6.45) is 0.0709. The minimum atomic E-state index is -0.575. The van der Waals surface area contributed by atoms with Crippen LogP contribution in [-0.2, 0) is 20.9 Å². The third kappa shape index (κ3) is 4.39. The number of ketones is 1. The summed E-state index contributed by atoms with van der Waals surface area (Å²) in [6.45, 7) is 1.65. The van der Waals surface area contributed by atoms with E-state index in [1.165, 1.54) is 21.1 Å². The van der Waals surface area contributed by atoms with Crippen molar-refractivity contribution < 1.29 is 28.6 Å². The summed E-state index contributed by atoms with van der Waals surface area (Å²) in [6, 6.07) is 12.2. The average molecular weight is 397 g/mol. The predicted molar refractivity (Wildman–Crippen MR) is 106 cm³/mol. The van der Waals surface area contributed by atoms with Crippen LogP contribution in [0.3, 0.4) is 0 Å². The van der Waals surface area contributed by atoms with Crippen LogP contribution in [0.5, 0.6) is 11.5 Å². The van der Waals surface area contributed by atoms with Crippen LogP contribution in [0.15, 0.2) is 42.5 Å². The number of amides is 1. The molecule has 7 heteroatoms. The van der Waals surface area contributed by atoms with Gasteiger partial charge in [-0.15, -0.1) is 0 Å². The molecule has 0 aromatic heterocycles. The molecule has 0 radical (unpaired) electrons. The number of carbonyl (C=O) groups excluding carboxylic acids is 3. The monoisotopic (exact) mass is 397 g/mol. The number of hydrogen-bond donors (Lipinski definition) is 0. The first-order valence-electron chi connectivity index (χ1n) is 9.22. The van der Waals surface area contributed by atoms with Crippen LogP contribution in [0.25, 0.3) is 0 Å². The van der Waals surface area contributed by atoms with Gasteiger partial charge < -0.3 is 19.1 Å². The highest BCUT2D eigenvalue weighted by atomic mass is 16.5. The summed E-state index contributed by atoms with van der Waals surface area (Å²) < 4.78 is 16.0. The zero-order chi connectivity index (χ0) is 21.0. The lowest BCUT2D eigenvalue weighted by atomic mass is 10.1. The summed E-state index contributed by atoms with van der Waals surface area (Å²) in [7, 11) is 3.04. The van der Waals surface area contributed by atoms with Crippen molar-refractivity contribution in [1.82, 2.24) is 0 Å². The molecule has 1 fully saturated rings. The molecular weight excluding hydrogens is 374 g/mol. The second kappa shape index (κ2) is 8.77. The molecule has 1 atom stereocenters. The number of esters is 1. The first kappa shape index (κ1) is 20.4. The Morgan fingerprint density at radius 3 is 2.48 bits per heavy atom. The van der Waals surface area contributed by atoms with Crippen LogP contribution in [0, 0.1) is 5.92 Å². The zero-order valence-corrected chi connectivity index (χ0v) is 16.6. The van der Waals surface area contributed by atoms with Gasteiger partial charge in [0.05, 0.1) is 25.8 Å². The molecule has 152 valence electrons. The molecule has 2 aromatic rings. The Kier molecular flexibility index (Phi) is 6.16. The van der Waals surface area contributed by atoms with Crippen LogP contribution in [-0.4, -0.2) is 38.4 Å². The Balaban J connectivity index is 1.69. The molecule has 1 saturated heterocycles. The predicted octanol–water partition coefficient (Wildman–Crippen LogP) is 3.00. The van der Waals surface area contributed by atoms with Gasteiger partial charge in [0, 0.05) is 24.1 Å². The van der Waals surface area contributed by atoms with E-state index in [0.29, 0.717) is 28.3 Å². The lowest BCUT2D eigenvalue weighted by Gasteiger charge is -2.19. The minimum absolute atomic E-state index is 0.0392. The van der Waals surface area contributed by atoms with Crippen molar-refractivity contribution in [3.05, 3.63) is 53.6 Å². The molecule has 1 aliphatic heterocycles. The van der Waals surface area contributed by atoms with Crippen LogP contribution < -0.4 is 14.4 Å². The van der Waals surface area contributed by atoms with E-state index >= 15 is 0 Å². The van der Waals surface area contributed by atoms with Gasteiger partial charge in [0.2, 0.25) is 5.91 Å². The molecule has 0 bridgehead atoms. The van der Waals surface area contributed by atoms with Crippen LogP contribution in [0.2, 0.25) is 0 Å². The fraction of sp³-hybridized carbons (Fsp3) is 0.318. The van der Waals surface area contributed by atoms with Gasteiger partial charge in [-0.1, -0.05) is 12.1 Å². The molecule has 0 N–H and O–H groups in total. The topological polar surface area (TPSA) is 82.1 Å². The van der Waals surface area contributed by atoms with Crippen molar-refractivity contribution in [1.29, 1.82) is 0 Å². The fourth-order valence-corrected chi connectivity index (χ4v) is 3.33. The average Bonchev–Trinajstić information content (AvgIpc) is 3.13. The lowest BCUT2D eigenvalue weighted by Crippen LogP contribution is -2.26. The number of carbonyl (C=O) groups is 3. The molecule has 7 nitrogen and oxygen atoms in total. The summed E-state index contributed by atoms with van der Waals surface area (Å²) in [4.78, 5) is 38.2. The normalized spacial score (nSPS) is 15.9. The number of methoxy groups -OCH3 is 2. The van der Waals surface area contributed by atoms with Gasteiger partial charge in [-0.2, -0.15) is 0 Å². The number of benzene rings is 2. The molecule has 29 heavy (non-hydrogen) atoms. The second-order valence-corrected chi connectivity index (χ2v) is 6.77. The molecule has 1 aliphatic rings. The quantitative estimate of drug-likeness (QED) is 0.528. The maximum atomic E-state index is 12.6. The van der Waals surface area contributed by atoms with Gasteiger partial charge >= 0.3 is 5.97 Å². The minimum Gasteiger partial charge on any atom is -0.496 e. The SMILES string of the molecule is COc1ccc(C(C)=O)cc1COC(=O)[C@@H]1CC(=O)N(c2ccccc2OC)C1. The van der Waals surface area contributed by atoms with Crippen molar-refractivity contribution >= 4 is 23.3 Å². The van der Waals surface area contributed by atoms with E-state index in [4.69, 9.17) is 14.2 Å². The van der Waals surface area contributed by atoms with E-state index in [1.807, 2.05) is 12.1 Å². The number of Topliss-reactive ketones (excluding diaryl/α,β-unsaturated/α-hetero) is 1. The van der Waals surface area contributed by atoms with E-state index in [0.717, 1.165) is 0 Å². The molecule has 1 amide bonds. The maximum absolute atomic E-state index is 12.6. The van der Waals surface area contributed by atoms with Crippen molar-refractivity contribution in [2.24, 2.45) is 5.92 Å². The van der Waals surface area contributed by atoms with Gasteiger partial charge in [-0.3, -0.25) is 14.4 Å². The van der Waals surface area contributed by atoms with Crippen molar-refractivity contribution in [2.75, 3.05) is 25.7 Å². The molecule has 3 rings (SSSR count). The number of hydrogen-bond acceptors (Lipinski definition) is 6. The van der Waals surface area contributed by atoms with E-state index in [2.05, 4.69) is 0 Å². The highest BCUT2D eigenvalue weighted by molar-refractivity contribution is 6.00. The third-order valence-electron chi connectivity index (χ3n) is 4.89. The summed E-state index contributed by atoms with van der Waals surface area (Å²) >= 11 is 0. The van der Waals surface area contributed by atoms with E-state index < -0.39 is 11.9 Å². The first-order chi connectivity index (χ1) is 13.9. The van der Waals surface area contributed by atoms with Crippen molar-refractivity contribution in [3.63, 3.8) is 0 Å². The Morgan fingerprint density at radius 1 is 1.07 bits per heavy atom. The maximum Gasteiger partial charge on any atom is 0.311 e. The number of anilines is 1. The zero-order valence-electron chi connectivity index (χ0n) is 16.6. The summed E-state index contributed by atoms with van der Waals surface area (Å²) in [5.41, 5.74) is 1.74. The lowest BCUT2D eigenvalue weighted by molar-refractivity contribution is -0.149. The third-order valence-corrected chi connectivity index (χ3v) is 4.89. The van der Waals surface area contributed by atoms with E-state index in [-0.39, 0.29) is 31.3 Å². The number of nitrogens with zero attached hydrogens (tertiary/aromatic N) is 1. The Labute approximate surface area is 169 Å². The highest BCUT2D eigenvalue weighted by Crippen LogP contribution is 2.33. The highest BCUT2D eigenvalue weighted by Gasteiger charge is 2.37. The largest absolute Gasteiger partial charge is 0.496 e. The Hall–Kier alpha value is -3.35. The molecule has 0 aliphatic carbocycles. The smallest absolute Gasteiger partial charge is 0.311 e. The first-order valence-corrected chi connectivity index (χ1v) is 9.22. The number of ether oxygens (including phenoxy) is 3. The molecule has 0 unspecified atom stereocenters. The Morgan fingerprint density at radius 2 is 1.79 bits per heavy atom. The van der Waals surface area contributed by atoms with Crippen LogP contribution >= 0.6 is 0 Å². The molecule has 0 spiro atoms. The van der Waals surface area contributed by atoms with Gasteiger partial charge in [0.15, 0.2) is 5.78 Å². The van der Waals surface area contributed by atoms with Gasteiger partial charge in [0.25, 0.3) is 0 Å². The molecule has 0 saturated carbocycles. The van der Waals surface area contributed by atoms with Crippen molar-refractivity contribution in [3.8, 4) is 11.5 Å². The number of para-hydroxylation sites is 2. The summed E-state index contributed by atoms with van der Waals surface area (Å²) in [5.74, 6) is -0.191. The van der Waals surface area contributed by atoms with Crippen molar-refractivity contribution in [2.45, 2.75) is 20.0 Å². The second-order valence-electron chi connectivity index (χ2n) is 6.77. The van der Waals surface area contributed by atoms with E-state index in [1.54, 1.807) is 35.2 Å². The molecular formula is C22H23NO6. The van der Waals surface area contributed by atoms with Crippen LogP contribution in [0.4, 0.5) is 5.69 Å². The van der Waals surface area contributed by atoms with Gasteiger partial charge in [-0.25, -0.2) is 0 Å². The van der Waals surface area contributed by atoms with Crippen LogP contribution in [0.1, 0.15) is 29.3 Å². The summed E-state index contributed by atoms with van der Waals surface area (Å²) in [5, 5.41) is 0. The Bertz CT molecular complexity index is 939. The van der Waals surface area contributed by atoms with Gasteiger partial charge in [0.1, 0.15) is 18.1 Å². The van der Waals surface area contributed by atoms with E-state index in [9.17, 15) is 14.4 Å². The fourth-order valence-electron chi connectivity index (χ4n) is 3.33.